The molecule has 6 nitrogen and oxygen atoms in total. The van der Waals surface area contributed by atoms with Crippen molar-refractivity contribution in [2.75, 3.05) is 6.61 Å². The second kappa shape index (κ2) is 6.74. The van der Waals surface area contributed by atoms with Crippen molar-refractivity contribution in [3.8, 4) is 22.8 Å². The van der Waals surface area contributed by atoms with E-state index in [1.165, 1.54) is 0 Å². The maximum absolute atomic E-state index is 12.1. The molecule has 3 aromatic rings. The van der Waals surface area contributed by atoms with E-state index in [4.69, 9.17) is 4.74 Å². The van der Waals surface area contributed by atoms with Crippen LogP contribution in [0.5, 0.6) is 0 Å². The second-order valence-corrected chi connectivity index (χ2v) is 4.63. The summed E-state index contributed by atoms with van der Waals surface area (Å²) in [5.41, 5.74) is 1.88. The first-order valence-electron chi connectivity index (χ1n) is 7.18. The number of esters is 1. The van der Waals surface area contributed by atoms with Crippen LogP contribution in [0.3, 0.4) is 0 Å². The lowest BCUT2D eigenvalue weighted by Crippen LogP contribution is -2.12. The van der Waals surface area contributed by atoms with Gasteiger partial charge in [-0.2, -0.15) is 0 Å². The zero-order valence-electron chi connectivity index (χ0n) is 12.5. The topological polar surface area (TPSA) is 77.9 Å². The number of benzene rings is 1. The van der Waals surface area contributed by atoms with Gasteiger partial charge in [0.2, 0.25) is 5.82 Å². The molecule has 23 heavy (non-hydrogen) atoms. The number of ether oxygens (including phenoxy) is 1. The van der Waals surface area contributed by atoms with E-state index in [-0.39, 0.29) is 12.3 Å². The third-order valence-corrected chi connectivity index (χ3v) is 3.10. The molecule has 0 aliphatic carbocycles. The lowest BCUT2D eigenvalue weighted by Gasteiger charge is -2.08. The molecule has 1 aromatic carbocycles. The highest BCUT2D eigenvalue weighted by atomic mass is 16.5. The Balaban J connectivity index is 2.13. The van der Waals surface area contributed by atoms with Gasteiger partial charge >= 0.3 is 5.97 Å². The molecule has 0 unspecified atom stereocenters. The van der Waals surface area contributed by atoms with E-state index in [9.17, 15) is 4.79 Å². The largest absolute Gasteiger partial charge is 0.461 e. The molecule has 2 aromatic heterocycles. The minimum Gasteiger partial charge on any atom is -0.461 e. The third kappa shape index (κ3) is 3.21. The van der Waals surface area contributed by atoms with E-state index in [0.29, 0.717) is 17.2 Å². The minimum absolute atomic E-state index is 0.0951. The smallest absolute Gasteiger partial charge is 0.361 e. The van der Waals surface area contributed by atoms with Crippen LogP contribution in [0.15, 0.2) is 54.7 Å². The Morgan fingerprint density at radius 1 is 1.04 bits per heavy atom. The molecule has 0 saturated carbocycles. The van der Waals surface area contributed by atoms with Gasteiger partial charge in [0.25, 0.3) is 0 Å². The number of aromatic nitrogens is 4. The van der Waals surface area contributed by atoms with Crippen molar-refractivity contribution >= 4 is 5.97 Å². The van der Waals surface area contributed by atoms with Gasteiger partial charge in [0, 0.05) is 11.8 Å². The lowest BCUT2D eigenvalue weighted by molar-refractivity contribution is 0.0518. The Morgan fingerprint density at radius 2 is 1.83 bits per heavy atom. The molecule has 0 bridgehead atoms. The maximum atomic E-state index is 12.1. The van der Waals surface area contributed by atoms with Gasteiger partial charge in [0.15, 0.2) is 5.69 Å². The van der Waals surface area contributed by atoms with E-state index < -0.39 is 5.97 Å². The van der Waals surface area contributed by atoms with E-state index in [0.717, 1.165) is 5.56 Å². The summed E-state index contributed by atoms with van der Waals surface area (Å²) in [6, 6.07) is 14.8. The van der Waals surface area contributed by atoms with Gasteiger partial charge < -0.3 is 4.74 Å². The molecular formula is C17H14N4O2. The van der Waals surface area contributed by atoms with Gasteiger partial charge in [0.05, 0.1) is 6.61 Å². The quantitative estimate of drug-likeness (QED) is 0.690. The van der Waals surface area contributed by atoms with Crippen molar-refractivity contribution in [1.29, 1.82) is 0 Å². The Hall–Kier alpha value is -3.15. The Kier molecular flexibility index (Phi) is 4.33. The monoisotopic (exact) mass is 306 g/mol. The fourth-order valence-corrected chi connectivity index (χ4v) is 2.06. The first kappa shape index (κ1) is 14.8. The fourth-order valence-electron chi connectivity index (χ4n) is 2.06. The average molecular weight is 306 g/mol. The van der Waals surface area contributed by atoms with Crippen LogP contribution in [0.1, 0.15) is 17.4 Å². The summed E-state index contributed by atoms with van der Waals surface area (Å²) in [4.78, 5) is 20.8. The number of rotatable bonds is 4. The highest BCUT2D eigenvalue weighted by molar-refractivity contribution is 5.94. The third-order valence-electron chi connectivity index (χ3n) is 3.10. The van der Waals surface area contributed by atoms with Crippen molar-refractivity contribution in [3.63, 3.8) is 0 Å². The highest BCUT2D eigenvalue weighted by Crippen LogP contribution is 2.22. The summed E-state index contributed by atoms with van der Waals surface area (Å²) in [5, 5.41) is 8.04. The maximum Gasteiger partial charge on any atom is 0.361 e. The summed E-state index contributed by atoms with van der Waals surface area (Å²) in [7, 11) is 0. The number of nitrogens with zero attached hydrogens (tertiary/aromatic N) is 4. The second-order valence-electron chi connectivity index (χ2n) is 4.63. The van der Waals surface area contributed by atoms with Crippen LogP contribution in [-0.2, 0) is 4.74 Å². The molecule has 0 amide bonds. The van der Waals surface area contributed by atoms with E-state index in [2.05, 4.69) is 20.2 Å². The van der Waals surface area contributed by atoms with Gasteiger partial charge in [-0.3, -0.25) is 4.98 Å². The number of hydrogen-bond donors (Lipinski definition) is 0. The first-order valence-corrected chi connectivity index (χ1v) is 7.18. The van der Waals surface area contributed by atoms with Crippen LogP contribution in [0.2, 0.25) is 0 Å². The zero-order chi connectivity index (χ0) is 16.1. The Morgan fingerprint density at radius 3 is 2.52 bits per heavy atom. The molecule has 0 spiro atoms. The molecule has 114 valence electrons. The van der Waals surface area contributed by atoms with Crippen LogP contribution >= 0.6 is 0 Å². The average Bonchev–Trinajstić information content (AvgIpc) is 2.63. The highest BCUT2D eigenvalue weighted by Gasteiger charge is 2.20. The standard InChI is InChI=1S/C17H14N4O2/c1-2-23-17(22)15-14(12-8-4-3-5-9-12)19-16(21-20-15)13-10-6-7-11-18-13/h3-11H,2H2,1H3. The zero-order valence-corrected chi connectivity index (χ0v) is 12.5. The van der Waals surface area contributed by atoms with Crippen LogP contribution in [-0.4, -0.2) is 32.7 Å². The molecule has 0 aliphatic heterocycles. The predicted octanol–water partition coefficient (Wildman–Crippen LogP) is 2.78. The molecular weight excluding hydrogens is 292 g/mol. The Labute approximate surface area is 133 Å². The van der Waals surface area contributed by atoms with Crippen molar-refractivity contribution in [2.45, 2.75) is 6.92 Å². The summed E-state index contributed by atoms with van der Waals surface area (Å²) < 4.78 is 5.04. The number of carbonyl (C=O) groups is 1. The SMILES string of the molecule is CCOC(=O)c1nnc(-c2ccccn2)nc1-c1ccccc1. The molecule has 2 heterocycles. The van der Waals surface area contributed by atoms with Crippen molar-refractivity contribution < 1.29 is 9.53 Å². The van der Waals surface area contributed by atoms with Crippen LogP contribution in [0.25, 0.3) is 22.8 Å². The van der Waals surface area contributed by atoms with E-state index in [1.807, 2.05) is 42.5 Å². The summed E-state index contributed by atoms with van der Waals surface area (Å²) >= 11 is 0. The van der Waals surface area contributed by atoms with Crippen molar-refractivity contribution in [1.82, 2.24) is 20.2 Å². The van der Waals surface area contributed by atoms with Crippen LogP contribution < -0.4 is 0 Å². The predicted molar refractivity (Wildman–Crippen MR) is 84.5 cm³/mol. The normalized spacial score (nSPS) is 10.3. The van der Waals surface area contributed by atoms with Gasteiger partial charge in [-0.05, 0) is 19.1 Å². The minimum atomic E-state index is -0.543. The van der Waals surface area contributed by atoms with Crippen molar-refractivity contribution in [2.24, 2.45) is 0 Å². The summed E-state index contributed by atoms with van der Waals surface area (Å²) in [5.74, 6) is -0.184. The fraction of sp³-hybridized carbons (Fsp3) is 0.118. The van der Waals surface area contributed by atoms with Gasteiger partial charge in [-0.1, -0.05) is 36.4 Å². The van der Waals surface area contributed by atoms with Crippen molar-refractivity contribution in [3.05, 3.63) is 60.4 Å². The summed E-state index contributed by atoms with van der Waals surface area (Å²) in [6.07, 6.45) is 1.65. The van der Waals surface area contributed by atoms with E-state index in [1.54, 1.807) is 19.2 Å². The van der Waals surface area contributed by atoms with Crippen LogP contribution in [0, 0.1) is 0 Å². The van der Waals surface area contributed by atoms with Gasteiger partial charge in [-0.15, -0.1) is 10.2 Å². The number of pyridine rings is 1. The molecule has 3 rings (SSSR count). The molecule has 0 aliphatic rings. The van der Waals surface area contributed by atoms with Crippen LogP contribution in [0.4, 0.5) is 0 Å². The molecule has 0 atom stereocenters. The molecule has 0 N–H and O–H groups in total. The van der Waals surface area contributed by atoms with E-state index >= 15 is 0 Å². The van der Waals surface area contributed by atoms with Gasteiger partial charge in [0.1, 0.15) is 11.4 Å². The molecule has 0 saturated heterocycles. The summed E-state index contributed by atoms with van der Waals surface area (Å²) in [6.45, 7) is 2.00. The molecule has 0 radical (unpaired) electrons. The first-order chi connectivity index (χ1) is 11.3. The Bertz CT molecular complexity index is 807. The molecule has 6 heteroatoms. The lowest BCUT2D eigenvalue weighted by atomic mass is 10.1. The molecule has 0 fully saturated rings. The number of hydrogen-bond acceptors (Lipinski definition) is 6. The van der Waals surface area contributed by atoms with Gasteiger partial charge in [-0.25, -0.2) is 9.78 Å². The number of carbonyl (C=O) groups excluding carboxylic acids is 1.